The Labute approximate surface area is 270 Å². The van der Waals surface area contributed by atoms with E-state index in [9.17, 15) is 19.2 Å². The molecular formula is C35H58N2O8. The molecule has 0 atom stereocenters. The van der Waals surface area contributed by atoms with Gasteiger partial charge in [-0.1, -0.05) is 38.8 Å². The first-order chi connectivity index (χ1) is 21.8. The second-order valence-electron chi connectivity index (χ2n) is 12.8. The van der Waals surface area contributed by atoms with E-state index in [0.717, 1.165) is 51.4 Å². The van der Waals surface area contributed by atoms with Gasteiger partial charge in [0, 0.05) is 25.2 Å². The van der Waals surface area contributed by atoms with Gasteiger partial charge < -0.3 is 29.6 Å². The standard InChI is InChI=1S/2C14H23NO4.C7H12/c2*1-3-13(16)18-9-11-5-7-12(8-6-11)10-19-14(17)15-4-2;1-2-7-4-3-6(1)5-7/h2*3,11-12H,1,4-10H2,2H3,(H,15,17);6-7H,1-5H2. The number of alkyl carbamates (subject to hydrolysis) is 2. The summed E-state index contributed by atoms with van der Waals surface area (Å²) in [4.78, 5) is 44.2. The van der Waals surface area contributed by atoms with Crippen LogP contribution in [0, 0.1) is 35.5 Å². The number of hydrogen-bond donors (Lipinski definition) is 2. The zero-order valence-electron chi connectivity index (χ0n) is 27.7. The molecule has 4 rings (SSSR count). The minimum atomic E-state index is -0.360. The molecule has 4 aliphatic carbocycles. The maximum absolute atomic E-state index is 11.2. The Bertz CT molecular complexity index is 829. The summed E-state index contributed by atoms with van der Waals surface area (Å²) in [5, 5.41) is 5.21. The van der Waals surface area contributed by atoms with Crippen LogP contribution >= 0.6 is 0 Å². The van der Waals surface area contributed by atoms with Gasteiger partial charge in [0.25, 0.3) is 0 Å². The van der Waals surface area contributed by atoms with E-state index in [1.54, 1.807) is 32.1 Å². The summed E-state index contributed by atoms with van der Waals surface area (Å²) in [6, 6.07) is 0. The lowest BCUT2D eigenvalue weighted by atomic mass is 9.83. The molecule has 0 aliphatic heterocycles. The van der Waals surface area contributed by atoms with E-state index in [4.69, 9.17) is 18.9 Å². The number of hydrogen-bond acceptors (Lipinski definition) is 8. The Morgan fingerprint density at radius 2 is 0.822 bits per heavy atom. The van der Waals surface area contributed by atoms with E-state index >= 15 is 0 Å². The molecule has 0 aromatic carbocycles. The lowest BCUT2D eigenvalue weighted by Crippen LogP contribution is -2.28. The number of esters is 2. The van der Waals surface area contributed by atoms with Crippen molar-refractivity contribution in [1.29, 1.82) is 0 Å². The molecule has 10 heteroatoms. The van der Waals surface area contributed by atoms with E-state index in [0.29, 0.717) is 63.2 Å². The molecule has 0 aromatic heterocycles. The normalized spacial score (nSPS) is 26.4. The zero-order valence-corrected chi connectivity index (χ0v) is 27.7. The van der Waals surface area contributed by atoms with Crippen LogP contribution in [0.1, 0.15) is 97.3 Å². The monoisotopic (exact) mass is 634 g/mol. The van der Waals surface area contributed by atoms with Crippen molar-refractivity contribution in [3.8, 4) is 0 Å². The highest BCUT2D eigenvalue weighted by molar-refractivity contribution is 5.81. The van der Waals surface area contributed by atoms with Gasteiger partial charge in [0.2, 0.25) is 0 Å². The summed E-state index contributed by atoms with van der Waals surface area (Å²) < 4.78 is 20.3. The second kappa shape index (κ2) is 22.5. The minimum Gasteiger partial charge on any atom is -0.462 e. The van der Waals surface area contributed by atoms with E-state index in [1.807, 2.05) is 13.8 Å². The molecule has 4 aliphatic rings. The maximum Gasteiger partial charge on any atom is 0.407 e. The number of nitrogens with one attached hydrogen (secondary N) is 2. The molecule has 256 valence electrons. The van der Waals surface area contributed by atoms with Crippen molar-refractivity contribution in [2.24, 2.45) is 35.5 Å². The summed E-state index contributed by atoms with van der Waals surface area (Å²) >= 11 is 0. The Hall–Kier alpha value is -3.04. The number of rotatable bonds is 12. The molecule has 0 radical (unpaired) electrons. The molecule has 2 bridgehead atoms. The highest BCUT2D eigenvalue weighted by atomic mass is 16.6. The lowest BCUT2D eigenvalue weighted by Gasteiger charge is -2.27. The number of ether oxygens (including phenoxy) is 4. The molecule has 2 amide bonds. The molecule has 0 unspecified atom stereocenters. The van der Waals surface area contributed by atoms with Crippen LogP contribution in [0.15, 0.2) is 25.3 Å². The van der Waals surface area contributed by atoms with E-state index in [-0.39, 0.29) is 24.1 Å². The van der Waals surface area contributed by atoms with E-state index in [1.165, 1.54) is 24.0 Å². The van der Waals surface area contributed by atoms with Crippen LogP contribution in [0.5, 0.6) is 0 Å². The van der Waals surface area contributed by atoms with Gasteiger partial charge in [-0.2, -0.15) is 0 Å². The third kappa shape index (κ3) is 16.7. The number of amides is 2. The quantitative estimate of drug-likeness (QED) is 0.137. The van der Waals surface area contributed by atoms with Crippen molar-refractivity contribution >= 4 is 24.1 Å². The van der Waals surface area contributed by atoms with Gasteiger partial charge in [0.05, 0.1) is 26.4 Å². The maximum atomic E-state index is 11.2. The highest BCUT2D eigenvalue weighted by Crippen LogP contribution is 2.43. The first kappa shape index (κ1) is 38.1. The first-order valence-corrected chi connectivity index (χ1v) is 17.2. The molecule has 0 spiro atoms. The van der Waals surface area contributed by atoms with Gasteiger partial charge in [-0.05, 0) is 107 Å². The van der Waals surface area contributed by atoms with Crippen LogP contribution in [-0.4, -0.2) is 63.6 Å². The van der Waals surface area contributed by atoms with Gasteiger partial charge in [-0.15, -0.1) is 0 Å². The van der Waals surface area contributed by atoms with Gasteiger partial charge >= 0.3 is 24.1 Å². The van der Waals surface area contributed by atoms with Crippen LogP contribution in [0.4, 0.5) is 9.59 Å². The molecular weight excluding hydrogens is 576 g/mol. The summed E-state index contributed by atoms with van der Waals surface area (Å²) in [6.45, 7) is 13.5. The fraction of sp³-hybridized carbons (Fsp3) is 0.771. The smallest absolute Gasteiger partial charge is 0.407 e. The molecule has 10 nitrogen and oxygen atoms in total. The Balaban J connectivity index is 0.000000256. The number of fused-ring (bicyclic) bond motifs is 2. The fourth-order valence-electron chi connectivity index (χ4n) is 6.60. The molecule has 4 saturated carbocycles. The third-order valence-electron chi connectivity index (χ3n) is 9.36. The van der Waals surface area contributed by atoms with Crippen molar-refractivity contribution < 1.29 is 38.1 Å². The van der Waals surface area contributed by atoms with Crippen LogP contribution in [0.25, 0.3) is 0 Å². The van der Waals surface area contributed by atoms with Gasteiger partial charge in [-0.25, -0.2) is 19.2 Å². The van der Waals surface area contributed by atoms with Crippen LogP contribution in [0.3, 0.4) is 0 Å². The Morgan fingerprint density at radius 3 is 1.04 bits per heavy atom. The van der Waals surface area contributed by atoms with Gasteiger partial charge in [0.15, 0.2) is 0 Å². The van der Waals surface area contributed by atoms with Crippen molar-refractivity contribution in [1.82, 2.24) is 10.6 Å². The number of carbonyl (C=O) groups excluding carboxylic acids is 4. The van der Waals surface area contributed by atoms with Crippen molar-refractivity contribution in [3.05, 3.63) is 25.3 Å². The SMILES string of the molecule is C1CC2CCC1C2.C=CC(=O)OCC1CCC(COC(=O)NCC)CC1.C=CC(=O)OCC1CCC(COC(=O)NCC)CC1. The zero-order chi connectivity index (χ0) is 32.9. The largest absolute Gasteiger partial charge is 0.462 e. The summed E-state index contributed by atoms with van der Waals surface area (Å²) in [6.07, 6.45) is 17.6. The molecule has 0 saturated heterocycles. The van der Waals surface area contributed by atoms with E-state index < -0.39 is 0 Å². The average molecular weight is 635 g/mol. The fourth-order valence-corrected chi connectivity index (χ4v) is 6.60. The molecule has 0 aromatic rings. The summed E-state index contributed by atoms with van der Waals surface area (Å²) in [7, 11) is 0. The Kier molecular flexibility index (Phi) is 19.0. The van der Waals surface area contributed by atoms with E-state index in [2.05, 4.69) is 23.8 Å². The first-order valence-electron chi connectivity index (χ1n) is 17.2. The minimum absolute atomic E-state index is 0.343. The molecule has 45 heavy (non-hydrogen) atoms. The van der Waals surface area contributed by atoms with Gasteiger partial charge in [0.1, 0.15) is 0 Å². The predicted octanol–water partition coefficient (Wildman–Crippen LogP) is 6.73. The predicted molar refractivity (Wildman–Crippen MR) is 173 cm³/mol. The van der Waals surface area contributed by atoms with Gasteiger partial charge in [-0.3, -0.25) is 0 Å². The van der Waals surface area contributed by atoms with Crippen LogP contribution in [0.2, 0.25) is 0 Å². The van der Waals surface area contributed by atoms with Crippen LogP contribution in [-0.2, 0) is 28.5 Å². The van der Waals surface area contributed by atoms with Crippen molar-refractivity contribution in [2.45, 2.75) is 97.3 Å². The molecule has 4 fully saturated rings. The number of carbonyl (C=O) groups is 4. The lowest BCUT2D eigenvalue weighted by molar-refractivity contribution is -0.140. The molecule has 0 heterocycles. The Morgan fingerprint density at radius 1 is 0.533 bits per heavy atom. The highest BCUT2D eigenvalue weighted by Gasteiger charge is 2.30. The van der Waals surface area contributed by atoms with Crippen molar-refractivity contribution in [2.75, 3.05) is 39.5 Å². The average Bonchev–Trinajstić information content (AvgIpc) is 3.73. The summed E-state index contributed by atoms with van der Waals surface area (Å²) in [5.41, 5.74) is 0. The summed E-state index contributed by atoms with van der Waals surface area (Å²) in [5.74, 6) is 3.32. The topological polar surface area (TPSA) is 129 Å². The third-order valence-corrected chi connectivity index (χ3v) is 9.36. The van der Waals surface area contributed by atoms with Crippen molar-refractivity contribution in [3.63, 3.8) is 0 Å². The molecule has 2 N–H and O–H groups in total. The van der Waals surface area contributed by atoms with Crippen LogP contribution < -0.4 is 10.6 Å². The second-order valence-corrected chi connectivity index (χ2v) is 12.8.